The first-order valence-corrected chi connectivity index (χ1v) is 11.2. The summed E-state index contributed by atoms with van der Waals surface area (Å²) in [6.45, 7) is 5.63. The molecule has 32 heavy (non-hydrogen) atoms. The Balaban J connectivity index is 0.00000245. The number of nitrogens with one attached hydrogen (secondary N) is 1. The summed E-state index contributed by atoms with van der Waals surface area (Å²) in [5.74, 6) is 1.19. The summed E-state index contributed by atoms with van der Waals surface area (Å²) in [5.41, 5.74) is 11.3. The van der Waals surface area contributed by atoms with Crippen LogP contribution in [0.2, 0.25) is 0 Å². The highest BCUT2D eigenvalue weighted by Crippen LogP contribution is 2.40. The van der Waals surface area contributed by atoms with Gasteiger partial charge in [0, 0.05) is 19.0 Å². The molecule has 7 nitrogen and oxygen atoms in total. The van der Waals surface area contributed by atoms with Gasteiger partial charge >= 0.3 is 0 Å². The van der Waals surface area contributed by atoms with Crippen molar-refractivity contribution >= 4 is 28.4 Å². The second-order valence-corrected chi connectivity index (χ2v) is 8.80. The van der Waals surface area contributed by atoms with Gasteiger partial charge < -0.3 is 16.0 Å². The lowest BCUT2D eigenvalue weighted by atomic mass is 9.84. The highest BCUT2D eigenvalue weighted by atomic mass is 16.1. The largest absolute Gasteiger partial charge is 0.369 e. The molecule has 1 amide bonds. The maximum atomic E-state index is 11.7. The summed E-state index contributed by atoms with van der Waals surface area (Å²) in [6.07, 6.45) is 3.56. The molecule has 1 aromatic carbocycles. The maximum absolute atomic E-state index is 11.7. The molecule has 0 radical (unpaired) electrons. The third kappa shape index (κ3) is 3.49. The van der Waals surface area contributed by atoms with Crippen LogP contribution in [0.25, 0.3) is 16.7 Å². The average Bonchev–Trinajstić information content (AvgIpc) is 3.18. The van der Waals surface area contributed by atoms with Crippen LogP contribution in [0.1, 0.15) is 55.7 Å². The van der Waals surface area contributed by atoms with Crippen LogP contribution >= 0.6 is 0 Å². The molecule has 2 aliphatic heterocycles. The fourth-order valence-electron chi connectivity index (χ4n) is 5.49. The summed E-state index contributed by atoms with van der Waals surface area (Å²) in [6, 6.07) is 10.6. The minimum Gasteiger partial charge on any atom is -0.369 e. The molecule has 0 aliphatic carbocycles. The zero-order valence-corrected chi connectivity index (χ0v) is 17.9. The quantitative estimate of drug-likeness (QED) is 0.660. The number of carbonyl (C=O) groups is 1. The van der Waals surface area contributed by atoms with E-state index >= 15 is 0 Å². The Morgan fingerprint density at radius 1 is 1.19 bits per heavy atom. The lowest BCUT2D eigenvalue weighted by Crippen LogP contribution is -2.40. The van der Waals surface area contributed by atoms with Gasteiger partial charge in [-0.1, -0.05) is 19.6 Å². The smallest absolute Gasteiger partial charge is 0.220 e. The summed E-state index contributed by atoms with van der Waals surface area (Å²) >= 11 is 0. The maximum Gasteiger partial charge on any atom is 0.220 e. The number of fused-ring (bicyclic) bond motifs is 3. The van der Waals surface area contributed by atoms with Crippen molar-refractivity contribution in [3.05, 3.63) is 41.0 Å². The van der Waals surface area contributed by atoms with E-state index in [-0.39, 0.29) is 19.3 Å². The molecule has 2 saturated heterocycles. The molecule has 3 aromatic rings. The molecule has 0 saturated carbocycles. The number of imidazole rings is 1. The van der Waals surface area contributed by atoms with Crippen LogP contribution in [0, 0.1) is 24.2 Å². The number of hydrogen-bond donors (Lipinski definition) is 2. The molecule has 3 N–H and O–H groups in total. The minimum absolute atomic E-state index is 0. The van der Waals surface area contributed by atoms with Gasteiger partial charge in [0.15, 0.2) is 5.65 Å². The molecule has 5 rings (SSSR count). The van der Waals surface area contributed by atoms with Crippen molar-refractivity contribution in [3.8, 4) is 6.07 Å². The van der Waals surface area contributed by atoms with Crippen molar-refractivity contribution in [1.29, 1.82) is 5.26 Å². The van der Waals surface area contributed by atoms with E-state index in [0.717, 1.165) is 85.5 Å². The number of primary amides is 1. The number of nitrogens with two attached hydrogens (primary N) is 1. The minimum atomic E-state index is -0.204. The number of aromatic nitrogens is 2. The number of rotatable bonds is 3. The molecule has 0 atom stereocenters. The molecule has 0 unspecified atom stereocenters. The first-order valence-electron chi connectivity index (χ1n) is 11.2. The fraction of sp³-hybridized carbons (Fsp3) is 0.480. The molecule has 2 aromatic heterocycles. The number of carbonyl (C=O) groups excluding carboxylic acids is 1. The predicted octanol–water partition coefficient (Wildman–Crippen LogP) is 3.47. The van der Waals surface area contributed by atoms with E-state index in [0.29, 0.717) is 11.5 Å². The van der Waals surface area contributed by atoms with Gasteiger partial charge in [0.1, 0.15) is 11.9 Å². The second-order valence-electron chi connectivity index (χ2n) is 8.80. The topological polar surface area (TPSA) is 99.5 Å². The fourth-order valence-corrected chi connectivity index (χ4v) is 5.49. The monoisotopic (exact) mass is 432 g/mol. The lowest BCUT2D eigenvalue weighted by Gasteiger charge is -2.35. The van der Waals surface area contributed by atoms with Gasteiger partial charge in [-0.05, 0) is 74.9 Å². The SMILES string of the molecule is C.Cc1c(C2CCNCC2)c(C#N)c2nc3ccccc3n2c1N1CCC(C(N)=O)CC1. The van der Waals surface area contributed by atoms with Gasteiger partial charge in [0.05, 0.1) is 16.6 Å². The molecule has 0 spiro atoms. The van der Waals surface area contributed by atoms with Crippen LogP contribution in [0.5, 0.6) is 0 Å². The van der Waals surface area contributed by atoms with Crippen LogP contribution in [0.3, 0.4) is 0 Å². The zero-order valence-electron chi connectivity index (χ0n) is 17.9. The first kappa shape index (κ1) is 22.1. The molecule has 7 heteroatoms. The van der Waals surface area contributed by atoms with E-state index in [1.807, 2.05) is 18.2 Å². The first-order chi connectivity index (χ1) is 15.1. The number of benzene rings is 1. The molecule has 0 bridgehead atoms. The molecular formula is C25H32N6O. The van der Waals surface area contributed by atoms with Crippen LogP contribution < -0.4 is 16.0 Å². The van der Waals surface area contributed by atoms with E-state index in [9.17, 15) is 10.1 Å². The van der Waals surface area contributed by atoms with Crippen molar-refractivity contribution in [2.75, 3.05) is 31.1 Å². The number of anilines is 1. The van der Waals surface area contributed by atoms with Gasteiger partial charge in [0.2, 0.25) is 5.91 Å². The van der Waals surface area contributed by atoms with E-state index < -0.39 is 0 Å². The van der Waals surface area contributed by atoms with Crippen molar-refractivity contribution in [3.63, 3.8) is 0 Å². The third-order valence-electron chi connectivity index (χ3n) is 7.06. The molecule has 2 aliphatic rings. The summed E-state index contributed by atoms with van der Waals surface area (Å²) in [4.78, 5) is 19.0. The van der Waals surface area contributed by atoms with Crippen molar-refractivity contribution in [2.45, 2.75) is 46.0 Å². The Morgan fingerprint density at radius 3 is 2.53 bits per heavy atom. The highest BCUT2D eigenvalue weighted by Gasteiger charge is 2.31. The van der Waals surface area contributed by atoms with E-state index in [2.05, 4.69) is 33.7 Å². The number of para-hydroxylation sites is 2. The van der Waals surface area contributed by atoms with Crippen LogP contribution in [0.4, 0.5) is 5.82 Å². The standard InChI is InChI=1S/C24H28N6O.CH4/c1-15-21(16-6-10-27-11-7-16)18(14-25)23-28-19-4-2-3-5-20(19)30(23)24(15)29-12-8-17(9-13-29)22(26)31;/h2-5,16-17,27H,6-13H2,1H3,(H2,26,31);1H4. The number of amides is 1. The summed E-state index contributed by atoms with van der Waals surface area (Å²) < 4.78 is 2.17. The van der Waals surface area contributed by atoms with Crippen molar-refractivity contribution < 1.29 is 4.79 Å². The van der Waals surface area contributed by atoms with E-state index in [1.54, 1.807) is 0 Å². The molecule has 4 heterocycles. The van der Waals surface area contributed by atoms with Crippen LogP contribution in [-0.2, 0) is 4.79 Å². The molecular weight excluding hydrogens is 400 g/mol. The van der Waals surface area contributed by atoms with Gasteiger partial charge in [-0.3, -0.25) is 9.20 Å². The van der Waals surface area contributed by atoms with Crippen LogP contribution in [0.15, 0.2) is 24.3 Å². The summed E-state index contributed by atoms with van der Waals surface area (Å²) in [5, 5.41) is 13.6. The molecule has 168 valence electrons. The number of hydrogen-bond acceptors (Lipinski definition) is 5. The Kier molecular flexibility index (Phi) is 6.07. The van der Waals surface area contributed by atoms with E-state index in [1.165, 1.54) is 0 Å². The summed E-state index contributed by atoms with van der Waals surface area (Å²) in [7, 11) is 0. The van der Waals surface area contributed by atoms with Gasteiger partial charge in [0.25, 0.3) is 0 Å². The number of piperidine rings is 2. The number of nitriles is 1. The lowest BCUT2D eigenvalue weighted by molar-refractivity contribution is -0.122. The average molecular weight is 433 g/mol. The normalized spacial score (nSPS) is 17.9. The Labute approximate surface area is 189 Å². The van der Waals surface area contributed by atoms with Gasteiger partial charge in [-0.2, -0.15) is 5.26 Å². The van der Waals surface area contributed by atoms with Gasteiger partial charge in [-0.25, -0.2) is 4.98 Å². The van der Waals surface area contributed by atoms with Crippen molar-refractivity contribution in [2.24, 2.45) is 11.7 Å². The number of pyridine rings is 1. The van der Waals surface area contributed by atoms with Crippen molar-refractivity contribution in [1.82, 2.24) is 14.7 Å². The highest BCUT2D eigenvalue weighted by molar-refractivity contribution is 5.86. The predicted molar refractivity (Wildman–Crippen MR) is 128 cm³/mol. The molecule has 2 fully saturated rings. The zero-order chi connectivity index (χ0) is 21.5. The van der Waals surface area contributed by atoms with Crippen LogP contribution in [-0.4, -0.2) is 41.5 Å². The number of nitrogens with zero attached hydrogens (tertiary/aromatic N) is 4. The Bertz CT molecular complexity index is 1190. The third-order valence-corrected chi connectivity index (χ3v) is 7.06. The second kappa shape index (κ2) is 8.79. The Morgan fingerprint density at radius 2 is 1.88 bits per heavy atom. The Hall–Kier alpha value is -3.11. The van der Waals surface area contributed by atoms with Gasteiger partial charge in [-0.15, -0.1) is 0 Å². The van der Waals surface area contributed by atoms with E-state index in [4.69, 9.17) is 10.7 Å².